The Morgan fingerprint density at radius 2 is 2.00 bits per heavy atom. The van der Waals surface area contributed by atoms with Crippen LogP contribution in [0.15, 0.2) is 36.5 Å². The predicted molar refractivity (Wildman–Crippen MR) is 59.5 cm³/mol. The summed E-state index contributed by atoms with van der Waals surface area (Å²) in [5.74, 6) is 0. The van der Waals surface area contributed by atoms with Crippen molar-refractivity contribution in [2.24, 2.45) is 0 Å². The lowest BCUT2D eigenvalue weighted by Crippen LogP contribution is -2.33. The molecule has 0 unspecified atom stereocenters. The van der Waals surface area contributed by atoms with Crippen molar-refractivity contribution in [3.8, 4) is 0 Å². The van der Waals surface area contributed by atoms with Gasteiger partial charge in [-0.05, 0) is 37.0 Å². The third-order valence-electron chi connectivity index (χ3n) is 3.33. The maximum atomic E-state index is 10.4. The number of pyridine rings is 1. The minimum absolute atomic E-state index is 0.595. The van der Waals surface area contributed by atoms with Gasteiger partial charge in [0.15, 0.2) is 0 Å². The molecule has 1 aliphatic rings. The van der Waals surface area contributed by atoms with Gasteiger partial charge in [-0.25, -0.2) is 0 Å². The van der Waals surface area contributed by atoms with E-state index in [2.05, 4.69) is 4.98 Å². The van der Waals surface area contributed by atoms with Gasteiger partial charge in [-0.3, -0.25) is 4.98 Å². The third-order valence-corrected chi connectivity index (χ3v) is 3.33. The Hall–Kier alpha value is -1.41. The van der Waals surface area contributed by atoms with E-state index in [1.54, 1.807) is 6.20 Å². The van der Waals surface area contributed by atoms with E-state index in [1.165, 1.54) is 0 Å². The lowest BCUT2D eigenvalue weighted by molar-refractivity contribution is -0.0374. The van der Waals surface area contributed by atoms with Gasteiger partial charge in [0.05, 0.1) is 11.1 Å². The van der Waals surface area contributed by atoms with Crippen LogP contribution in [0.3, 0.4) is 0 Å². The Labute approximate surface area is 88.6 Å². The highest BCUT2D eigenvalue weighted by Crippen LogP contribution is 2.43. The van der Waals surface area contributed by atoms with Gasteiger partial charge in [0, 0.05) is 11.6 Å². The molecule has 2 nitrogen and oxygen atoms in total. The molecule has 15 heavy (non-hydrogen) atoms. The van der Waals surface area contributed by atoms with Crippen LogP contribution in [0, 0.1) is 0 Å². The number of rotatable bonds is 1. The first-order valence-electron chi connectivity index (χ1n) is 5.36. The minimum Gasteiger partial charge on any atom is -0.385 e. The molecule has 1 aromatic carbocycles. The molecule has 0 saturated heterocycles. The smallest absolute Gasteiger partial charge is 0.0903 e. The summed E-state index contributed by atoms with van der Waals surface area (Å²) < 4.78 is 0. The monoisotopic (exact) mass is 199 g/mol. The number of fused-ring (bicyclic) bond motifs is 1. The van der Waals surface area contributed by atoms with Crippen LogP contribution in [-0.4, -0.2) is 10.1 Å². The van der Waals surface area contributed by atoms with Gasteiger partial charge in [0.25, 0.3) is 0 Å². The van der Waals surface area contributed by atoms with Gasteiger partial charge in [-0.2, -0.15) is 0 Å². The zero-order valence-corrected chi connectivity index (χ0v) is 8.48. The van der Waals surface area contributed by atoms with Crippen LogP contribution in [0.25, 0.3) is 10.9 Å². The molecule has 0 radical (unpaired) electrons. The zero-order chi connectivity index (χ0) is 10.3. The molecular weight excluding hydrogens is 186 g/mol. The molecule has 2 aromatic rings. The van der Waals surface area contributed by atoms with Crippen molar-refractivity contribution in [1.29, 1.82) is 0 Å². The van der Waals surface area contributed by atoms with E-state index >= 15 is 0 Å². The second-order valence-electron chi connectivity index (χ2n) is 4.26. The van der Waals surface area contributed by atoms with Crippen LogP contribution in [0.5, 0.6) is 0 Å². The van der Waals surface area contributed by atoms with Crippen LogP contribution in [0.2, 0.25) is 0 Å². The molecule has 1 aliphatic carbocycles. The van der Waals surface area contributed by atoms with E-state index in [0.29, 0.717) is 0 Å². The third kappa shape index (κ3) is 1.25. The largest absolute Gasteiger partial charge is 0.385 e. The second kappa shape index (κ2) is 3.04. The van der Waals surface area contributed by atoms with Crippen molar-refractivity contribution >= 4 is 10.9 Å². The summed E-state index contributed by atoms with van der Waals surface area (Å²) in [6.45, 7) is 0. The second-order valence-corrected chi connectivity index (χ2v) is 4.26. The number of nitrogens with zero attached hydrogens (tertiary/aromatic N) is 1. The quantitative estimate of drug-likeness (QED) is 0.765. The van der Waals surface area contributed by atoms with E-state index in [4.69, 9.17) is 0 Å². The Morgan fingerprint density at radius 3 is 2.73 bits per heavy atom. The fourth-order valence-electron chi connectivity index (χ4n) is 2.29. The first kappa shape index (κ1) is 8.86. The van der Waals surface area contributed by atoms with Crippen molar-refractivity contribution < 1.29 is 5.11 Å². The summed E-state index contributed by atoms with van der Waals surface area (Å²) in [7, 11) is 0. The van der Waals surface area contributed by atoms with Gasteiger partial charge >= 0.3 is 0 Å². The summed E-state index contributed by atoms with van der Waals surface area (Å²) in [5.41, 5.74) is 1.41. The zero-order valence-electron chi connectivity index (χ0n) is 8.48. The number of aliphatic hydroxyl groups is 1. The molecule has 0 spiro atoms. The van der Waals surface area contributed by atoms with E-state index in [9.17, 15) is 5.11 Å². The Bertz CT molecular complexity index is 497. The van der Waals surface area contributed by atoms with E-state index < -0.39 is 5.60 Å². The highest BCUT2D eigenvalue weighted by atomic mass is 16.3. The molecular formula is C13H13NO. The molecule has 0 atom stereocenters. The molecule has 2 heteroatoms. The lowest BCUT2D eigenvalue weighted by atomic mass is 9.74. The van der Waals surface area contributed by atoms with Gasteiger partial charge < -0.3 is 5.11 Å². The van der Waals surface area contributed by atoms with Crippen LogP contribution >= 0.6 is 0 Å². The SMILES string of the molecule is OC1(c2cccc3ncccc23)CCC1. The topological polar surface area (TPSA) is 33.1 Å². The molecule has 3 rings (SSSR count). The minimum atomic E-state index is -0.595. The Balaban J connectivity index is 2.26. The van der Waals surface area contributed by atoms with Crippen molar-refractivity contribution in [2.45, 2.75) is 24.9 Å². The average Bonchev–Trinajstić information content (AvgIpc) is 2.25. The summed E-state index contributed by atoms with van der Waals surface area (Å²) >= 11 is 0. The molecule has 0 aliphatic heterocycles. The van der Waals surface area contributed by atoms with Crippen LogP contribution < -0.4 is 0 Å². The van der Waals surface area contributed by atoms with Crippen LogP contribution in [0.4, 0.5) is 0 Å². The van der Waals surface area contributed by atoms with E-state index in [0.717, 1.165) is 35.7 Å². The first-order valence-corrected chi connectivity index (χ1v) is 5.36. The molecule has 76 valence electrons. The van der Waals surface area contributed by atoms with E-state index in [-0.39, 0.29) is 0 Å². The summed E-state index contributed by atoms with van der Waals surface area (Å²) in [4.78, 5) is 4.30. The molecule has 0 bridgehead atoms. The highest BCUT2D eigenvalue weighted by molar-refractivity contribution is 5.83. The lowest BCUT2D eigenvalue weighted by Gasteiger charge is -2.37. The fourth-order valence-corrected chi connectivity index (χ4v) is 2.29. The van der Waals surface area contributed by atoms with Crippen molar-refractivity contribution in [3.05, 3.63) is 42.1 Å². The molecule has 1 heterocycles. The maximum Gasteiger partial charge on any atom is 0.0903 e. The molecule has 1 saturated carbocycles. The van der Waals surface area contributed by atoms with Crippen molar-refractivity contribution in [2.75, 3.05) is 0 Å². The molecule has 1 fully saturated rings. The predicted octanol–water partition coefficient (Wildman–Crippen LogP) is 2.61. The average molecular weight is 199 g/mol. The number of aromatic nitrogens is 1. The number of hydrogen-bond donors (Lipinski definition) is 1. The van der Waals surface area contributed by atoms with E-state index in [1.807, 2.05) is 30.3 Å². The van der Waals surface area contributed by atoms with Gasteiger partial charge in [-0.1, -0.05) is 18.2 Å². The Kier molecular flexibility index (Phi) is 1.80. The maximum absolute atomic E-state index is 10.4. The van der Waals surface area contributed by atoms with Crippen LogP contribution in [-0.2, 0) is 5.60 Å². The standard InChI is InChI=1S/C13H13NO/c15-13(7-3-8-13)11-5-1-6-12-10(11)4-2-9-14-12/h1-2,4-6,9,15H,3,7-8H2. The summed E-state index contributed by atoms with van der Waals surface area (Å²) in [6.07, 6.45) is 4.66. The van der Waals surface area contributed by atoms with Gasteiger partial charge in [0.1, 0.15) is 0 Å². The first-order chi connectivity index (χ1) is 7.30. The Morgan fingerprint density at radius 1 is 1.13 bits per heavy atom. The van der Waals surface area contributed by atoms with Crippen LogP contribution in [0.1, 0.15) is 24.8 Å². The van der Waals surface area contributed by atoms with Gasteiger partial charge in [-0.15, -0.1) is 0 Å². The molecule has 1 N–H and O–H groups in total. The summed E-state index contributed by atoms with van der Waals surface area (Å²) in [6, 6.07) is 9.94. The van der Waals surface area contributed by atoms with Crippen molar-refractivity contribution in [1.82, 2.24) is 4.98 Å². The highest BCUT2D eigenvalue weighted by Gasteiger charge is 2.37. The number of benzene rings is 1. The molecule has 1 aromatic heterocycles. The van der Waals surface area contributed by atoms with Crippen molar-refractivity contribution in [3.63, 3.8) is 0 Å². The normalized spacial score (nSPS) is 18.7. The fraction of sp³-hybridized carbons (Fsp3) is 0.308. The molecule has 0 amide bonds. The number of hydrogen-bond acceptors (Lipinski definition) is 2. The van der Waals surface area contributed by atoms with Gasteiger partial charge in [0.2, 0.25) is 0 Å². The summed E-state index contributed by atoms with van der Waals surface area (Å²) in [5, 5.41) is 11.4.